The van der Waals surface area contributed by atoms with Crippen LogP contribution in [0.4, 0.5) is 5.13 Å². The summed E-state index contributed by atoms with van der Waals surface area (Å²) in [4.78, 5) is 32.0. The van der Waals surface area contributed by atoms with Crippen LogP contribution in [0.15, 0.2) is 23.7 Å². The molecule has 1 fully saturated rings. The fraction of sp³-hybridized carbons (Fsp3) is 0.412. The molecule has 0 bridgehead atoms. The quantitative estimate of drug-likeness (QED) is 0.740. The second-order valence-corrected chi connectivity index (χ2v) is 6.40. The molecule has 0 saturated carbocycles. The molecule has 1 amide bonds. The number of thiazole rings is 1. The van der Waals surface area contributed by atoms with Crippen molar-refractivity contribution in [3.05, 3.63) is 35.0 Å². The minimum absolute atomic E-state index is 0.110. The van der Waals surface area contributed by atoms with E-state index >= 15 is 0 Å². The first kappa shape index (κ1) is 18.3. The molecular formula is C17H19N3O5S. The Labute approximate surface area is 154 Å². The lowest BCUT2D eigenvalue weighted by Gasteiger charge is -2.10. The van der Waals surface area contributed by atoms with Crippen molar-refractivity contribution in [3.8, 4) is 5.88 Å². The predicted octanol–water partition coefficient (Wildman–Crippen LogP) is 2.52. The van der Waals surface area contributed by atoms with Gasteiger partial charge in [0.2, 0.25) is 5.88 Å². The maximum absolute atomic E-state index is 12.2. The standard InChI is InChI=1S/C17H19N3O5S/c1-2-23-16(22)13-10-26-17(19-13)20-15(21)11-5-6-14(18-8-11)25-9-12-4-3-7-24-12/h5-6,8,10,12H,2-4,7,9H2,1H3,(H,19,20,21)/t12-/m0/s1. The largest absolute Gasteiger partial charge is 0.475 e. The van der Waals surface area contributed by atoms with Crippen molar-refractivity contribution < 1.29 is 23.8 Å². The van der Waals surface area contributed by atoms with E-state index in [2.05, 4.69) is 15.3 Å². The van der Waals surface area contributed by atoms with E-state index in [1.807, 2.05) is 0 Å². The highest BCUT2D eigenvalue weighted by Gasteiger charge is 2.17. The zero-order valence-electron chi connectivity index (χ0n) is 14.3. The van der Waals surface area contributed by atoms with Crippen LogP contribution in [0, 0.1) is 0 Å². The first-order valence-corrected chi connectivity index (χ1v) is 9.18. The molecule has 1 N–H and O–H groups in total. The van der Waals surface area contributed by atoms with Gasteiger partial charge in [-0.1, -0.05) is 0 Å². The van der Waals surface area contributed by atoms with E-state index in [0.717, 1.165) is 30.8 Å². The molecule has 9 heteroatoms. The minimum Gasteiger partial charge on any atom is -0.475 e. The molecule has 3 rings (SSSR count). The van der Waals surface area contributed by atoms with Gasteiger partial charge in [-0.05, 0) is 25.8 Å². The van der Waals surface area contributed by atoms with Gasteiger partial charge in [0.05, 0.1) is 18.3 Å². The third-order valence-corrected chi connectivity index (χ3v) is 4.41. The molecule has 2 aromatic heterocycles. The summed E-state index contributed by atoms with van der Waals surface area (Å²) in [5.41, 5.74) is 0.533. The SMILES string of the molecule is CCOC(=O)c1csc(NC(=O)c2ccc(OC[C@@H]3CCCO3)nc2)n1. The molecule has 2 aromatic rings. The summed E-state index contributed by atoms with van der Waals surface area (Å²) >= 11 is 1.15. The second-order valence-electron chi connectivity index (χ2n) is 5.54. The lowest BCUT2D eigenvalue weighted by Crippen LogP contribution is -2.17. The molecule has 138 valence electrons. The summed E-state index contributed by atoms with van der Waals surface area (Å²) in [6.45, 7) is 3.21. The number of esters is 1. The summed E-state index contributed by atoms with van der Waals surface area (Å²) in [6.07, 6.45) is 3.58. The van der Waals surface area contributed by atoms with E-state index in [1.54, 1.807) is 19.1 Å². The molecule has 1 atom stereocenters. The van der Waals surface area contributed by atoms with E-state index in [-0.39, 0.29) is 24.3 Å². The Morgan fingerprint density at radius 1 is 1.42 bits per heavy atom. The number of rotatable bonds is 7. The summed E-state index contributed by atoms with van der Waals surface area (Å²) < 4.78 is 15.9. The van der Waals surface area contributed by atoms with Crippen LogP contribution in [0.25, 0.3) is 0 Å². The number of carbonyl (C=O) groups is 2. The third-order valence-electron chi connectivity index (χ3n) is 3.65. The van der Waals surface area contributed by atoms with Gasteiger partial charge in [0, 0.05) is 24.3 Å². The highest BCUT2D eigenvalue weighted by molar-refractivity contribution is 7.14. The number of anilines is 1. The van der Waals surface area contributed by atoms with E-state index in [4.69, 9.17) is 14.2 Å². The number of pyridine rings is 1. The fourth-order valence-corrected chi connectivity index (χ4v) is 3.03. The van der Waals surface area contributed by atoms with Crippen LogP contribution in [0.2, 0.25) is 0 Å². The van der Waals surface area contributed by atoms with Crippen LogP contribution >= 0.6 is 11.3 Å². The zero-order chi connectivity index (χ0) is 18.4. The molecule has 1 aliphatic rings. The molecule has 1 aliphatic heterocycles. The van der Waals surface area contributed by atoms with Crippen LogP contribution in [0.5, 0.6) is 5.88 Å². The number of ether oxygens (including phenoxy) is 3. The maximum Gasteiger partial charge on any atom is 0.357 e. The number of carbonyl (C=O) groups excluding carboxylic acids is 2. The van der Waals surface area contributed by atoms with Crippen LogP contribution in [-0.4, -0.2) is 47.8 Å². The third kappa shape index (κ3) is 4.77. The number of nitrogens with one attached hydrogen (secondary N) is 1. The number of amides is 1. The van der Waals surface area contributed by atoms with Gasteiger partial charge in [0.1, 0.15) is 6.61 Å². The van der Waals surface area contributed by atoms with Crippen molar-refractivity contribution in [2.45, 2.75) is 25.9 Å². The smallest absolute Gasteiger partial charge is 0.357 e. The van der Waals surface area contributed by atoms with Gasteiger partial charge in [-0.25, -0.2) is 14.8 Å². The molecule has 26 heavy (non-hydrogen) atoms. The van der Waals surface area contributed by atoms with Gasteiger partial charge in [-0.2, -0.15) is 0 Å². The molecular weight excluding hydrogens is 358 g/mol. The summed E-state index contributed by atoms with van der Waals surface area (Å²) in [5, 5.41) is 4.48. The zero-order valence-corrected chi connectivity index (χ0v) is 15.1. The molecule has 1 saturated heterocycles. The second kappa shape index (κ2) is 8.72. The molecule has 0 aliphatic carbocycles. The van der Waals surface area contributed by atoms with Crippen LogP contribution in [-0.2, 0) is 9.47 Å². The Balaban J connectivity index is 1.53. The lowest BCUT2D eigenvalue weighted by atomic mass is 10.2. The Kier molecular flexibility index (Phi) is 6.13. The van der Waals surface area contributed by atoms with E-state index < -0.39 is 5.97 Å². The molecule has 0 aromatic carbocycles. The van der Waals surface area contributed by atoms with Crippen molar-refractivity contribution in [2.24, 2.45) is 0 Å². The fourth-order valence-electron chi connectivity index (χ4n) is 2.35. The Bertz CT molecular complexity index is 756. The van der Waals surface area contributed by atoms with Gasteiger partial charge >= 0.3 is 5.97 Å². The summed E-state index contributed by atoms with van der Waals surface area (Å²) in [6, 6.07) is 3.25. The number of aromatic nitrogens is 2. The van der Waals surface area contributed by atoms with Crippen LogP contribution in [0.3, 0.4) is 0 Å². The van der Waals surface area contributed by atoms with Gasteiger partial charge in [-0.3, -0.25) is 10.1 Å². The van der Waals surface area contributed by atoms with Crippen molar-refractivity contribution >= 4 is 28.3 Å². The Morgan fingerprint density at radius 2 is 2.31 bits per heavy atom. The molecule has 8 nitrogen and oxygen atoms in total. The topological polar surface area (TPSA) is 99.6 Å². The van der Waals surface area contributed by atoms with Crippen LogP contribution < -0.4 is 10.1 Å². The minimum atomic E-state index is -0.515. The molecule has 0 spiro atoms. The van der Waals surface area contributed by atoms with E-state index in [0.29, 0.717) is 23.2 Å². The van der Waals surface area contributed by atoms with E-state index in [1.165, 1.54) is 11.6 Å². The normalized spacial score (nSPS) is 16.3. The highest BCUT2D eigenvalue weighted by atomic mass is 32.1. The van der Waals surface area contributed by atoms with Gasteiger partial charge in [0.25, 0.3) is 5.91 Å². The molecule has 3 heterocycles. The summed E-state index contributed by atoms with van der Waals surface area (Å²) in [7, 11) is 0. The number of hydrogen-bond donors (Lipinski definition) is 1. The van der Waals surface area contributed by atoms with Gasteiger partial charge in [-0.15, -0.1) is 11.3 Å². The predicted molar refractivity (Wildman–Crippen MR) is 94.7 cm³/mol. The maximum atomic E-state index is 12.2. The number of hydrogen-bond acceptors (Lipinski definition) is 8. The first-order valence-electron chi connectivity index (χ1n) is 8.30. The van der Waals surface area contributed by atoms with E-state index in [9.17, 15) is 9.59 Å². The number of nitrogens with zero attached hydrogens (tertiary/aromatic N) is 2. The highest BCUT2D eigenvalue weighted by Crippen LogP contribution is 2.18. The Hall–Kier alpha value is -2.52. The van der Waals surface area contributed by atoms with Crippen molar-refractivity contribution in [2.75, 3.05) is 25.1 Å². The first-order chi connectivity index (χ1) is 12.7. The molecule has 0 radical (unpaired) electrons. The Morgan fingerprint density at radius 3 is 3.00 bits per heavy atom. The van der Waals surface area contributed by atoms with Gasteiger partial charge < -0.3 is 14.2 Å². The van der Waals surface area contributed by atoms with Crippen LogP contribution in [0.1, 0.15) is 40.6 Å². The van der Waals surface area contributed by atoms with Crippen molar-refractivity contribution in [3.63, 3.8) is 0 Å². The lowest BCUT2D eigenvalue weighted by molar-refractivity contribution is 0.0520. The summed E-state index contributed by atoms with van der Waals surface area (Å²) in [5.74, 6) is -0.442. The average Bonchev–Trinajstić information content (AvgIpc) is 3.32. The monoisotopic (exact) mass is 377 g/mol. The molecule has 0 unspecified atom stereocenters. The van der Waals surface area contributed by atoms with Crippen molar-refractivity contribution in [1.82, 2.24) is 9.97 Å². The van der Waals surface area contributed by atoms with Gasteiger partial charge in [0.15, 0.2) is 10.8 Å². The average molecular weight is 377 g/mol. The van der Waals surface area contributed by atoms with Crippen molar-refractivity contribution in [1.29, 1.82) is 0 Å².